The molecule has 2 aliphatic heterocycles. The fourth-order valence-electron chi connectivity index (χ4n) is 6.85. The van der Waals surface area contributed by atoms with Crippen molar-refractivity contribution in [3.05, 3.63) is 29.1 Å². The maximum atomic E-state index is 14.3. The minimum Gasteiger partial charge on any atom is -0.475 e. The van der Waals surface area contributed by atoms with Gasteiger partial charge in [-0.2, -0.15) is 39.5 Å². The monoisotopic (exact) mass is 749 g/mol. The number of carbonyl (C=O) groups is 4. The molecular formula is C32H40F9N3O7. The molecule has 51 heavy (non-hydrogen) atoms. The van der Waals surface area contributed by atoms with Crippen molar-refractivity contribution >= 4 is 23.8 Å². The number of aromatic nitrogens is 1. The number of rotatable bonds is 4. The van der Waals surface area contributed by atoms with Gasteiger partial charge in [0.1, 0.15) is 5.60 Å². The van der Waals surface area contributed by atoms with Gasteiger partial charge in [-0.05, 0) is 89.9 Å². The lowest BCUT2D eigenvalue weighted by molar-refractivity contribution is -0.193. The molecule has 0 aromatic carbocycles. The van der Waals surface area contributed by atoms with Gasteiger partial charge in [-0.25, -0.2) is 9.59 Å². The maximum Gasteiger partial charge on any atom is 0.490 e. The number of esters is 1. The van der Waals surface area contributed by atoms with E-state index in [0.717, 1.165) is 31.8 Å². The van der Waals surface area contributed by atoms with E-state index in [1.807, 2.05) is 20.8 Å². The summed E-state index contributed by atoms with van der Waals surface area (Å²) in [6.07, 6.45) is -6.79. The molecule has 3 heterocycles. The lowest BCUT2D eigenvalue weighted by atomic mass is 9.77. The summed E-state index contributed by atoms with van der Waals surface area (Å²) in [6, 6.07) is 1.44. The lowest BCUT2D eigenvalue weighted by Gasteiger charge is -2.39. The molecule has 2 unspecified atom stereocenters. The Morgan fingerprint density at radius 1 is 0.882 bits per heavy atom. The van der Waals surface area contributed by atoms with Crippen LogP contribution in [0.3, 0.4) is 0 Å². The molecule has 0 radical (unpaired) electrons. The van der Waals surface area contributed by atoms with Gasteiger partial charge in [0, 0.05) is 37.4 Å². The summed E-state index contributed by atoms with van der Waals surface area (Å²) in [5.74, 6) is -6.13. The highest BCUT2D eigenvalue weighted by Gasteiger charge is 2.63. The zero-order valence-corrected chi connectivity index (χ0v) is 28.1. The average molecular weight is 750 g/mol. The van der Waals surface area contributed by atoms with E-state index in [0.29, 0.717) is 49.5 Å². The van der Waals surface area contributed by atoms with Crippen LogP contribution in [0.4, 0.5) is 39.5 Å². The fraction of sp³-hybridized carbons (Fsp3) is 0.719. The van der Waals surface area contributed by atoms with Gasteiger partial charge in [0.2, 0.25) is 5.91 Å². The predicted octanol–water partition coefficient (Wildman–Crippen LogP) is 6.25. The van der Waals surface area contributed by atoms with E-state index in [-0.39, 0.29) is 30.3 Å². The van der Waals surface area contributed by atoms with Crippen molar-refractivity contribution in [2.24, 2.45) is 17.3 Å². The number of carboxylic acids is 2. The lowest BCUT2D eigenvalue weighted by Crippen LogP contribution is -2.48. The van der Waals surface area contributed by atoms with Gasteiger partial charge >= 0.3 is 36.4 Å². The van der Waals surface area contributed by atoms with Gasteiger partial charge in [-0.15, -0.1) is 0 Å². The van der Waals surface area contributed by atoms with E-state index in [1.165, 1.54) is 19.3 Å². The number of halogens is 9. The second-order valence-corrected chi connectivity index (χ2v) is 14.0. The Hall–Kier alpha value is -3.64. The number of nitrogens with zero attached hydrogens (tertiary/aromatic N) is 3. The standard InChI is InChI=1S/C28H38F3N3O3.2C2HF3O2/c1-26(2,3)37-24(35)21-14-22(21)27(9-7-20(15-27)33-10-5-4-6-11-33)25(36)34-12-8-23-18(17-34)13-19(16-32-23)28(29,30)31;2*3-2(4,5)1(6)7/h13,16,20-22H,4-12,14-15,17H2,1-3H3;2*(H,6,7)/t20-,21?,22?,27+;;/m1../s1. The molecule has 4 aliphatic rings. The molecular weight excluding hydrogens is 709 g/mol. The van der Waals surface area contributed by atoms with Crippen LogP contribution in [0.2, 0.25) is 0 Å². The molecule has 2 aliphatic carbocycles. The molecule has 10 nitrogen and oxygen atoms in total. The SMILES string of the molecule is CC(C)(C)OC(=O)C1CC1[C@]1(C(=O)N2CCc3ncc(C(F)(F)F)cc3C2)CC[C@@H](N2CCCCC2)C1.O=C(O)C(F)(F)F.O=C(O)C(F)(F)F. The first-order valence-corrected chi connectivity index (χ1v) is 16.2. The van der Waals surface area contributed by atoms with Crippen LogP contribution in [0.25, 0.3) is 0 Å². The molecule has 0 bridgehead atoms. The molecule has 1 aromatic rings. The Morgan fingerprint density at radius 3 is 1.92 bits per heavy atom. The van der Waals surface area contributed by atoms with E-state index in [9.17, 15) is 49.1 Å². The van der Waals surface area contributed by atoms with Crippen LogP contribution < -0.4 is 0 Å². The van der Waals surface area contributed by atoms with Crippen LogP contribution in [0.5, 0.6) is 0 Å². The largest absolute Gasteiger partial charge is 0.490 e. The van der Waals surface area contributed by atoms with E-state index < -0.39 is 47.0 Å². The first-order chi connectivity index (χ1) is 23.3. The Morgan fingerprint density at radius 2 is 1.43 bits per heavy atom. The van der Waals surface area contributed by atoms with Gasteiger partial charge in [0.15, 0.2) is 0 Å². The highest BCUT2D eigenvalue weighted by atomic mass is 19.4. The van der Waals surface area contributed by atoms with Crippen molar-refractivity contribution < 1.29 is 73.6 Å². The van der Waals surface area contributed by atoms with Gasteiger partial charge in [0.05, 0.1) is 16.9 Å². The number of pyridine rings is 1. The third-order valence-corrected chi connectivity index (χ3v) is 9.21. The Balaban J connectivity index is 0.000000424. The van der Waals surface area contributed by atoms with Crippen molar-refractivity contribution in [3.63, 3.8) is 0 Å². The summed E-state index contributed by atoms with van der Waals surface area (Å²) in [6.45, 7) is 8.18. The van der Waals surface area contributed by atoms with Crippen LogP contribution in [-0.4, -0.2) is 92.4 Å². The Kier molecular flexibility index (Phi) is 12.7. The van der Waals surface area contributed by atoms with Gasteiger partial charge < -0.3 is 24.7 Å². The van der Waals surface area contributed by atoms with Crippen molar-refractivity contribution in [1.82, 2.24) is 14.8 Å². The van der Waals surface area contributed by atoms with E-state index in [4.69, 9.17) is 24.5 Å². The number of carboxylic acid groups (broad SMARTS) is 2. The molecule has 288 valence electrons. The zero-order valence-electron chi connectivity index (χ0n) is 28.1. The number of hydrogen-bond acceptors (Lipinski definition) is 7. The van der Waals surface area contributed by atoms with E-state index in [2.05, 4.69) is 9.88 Å². The third-order valence-electron chi connectivity index (χ3n) is 9.21. The number of likely N-dealkylation sites (tertiary alicyclic amines) is 1. The Labute approximate surface area is 287 Å². The summed E-state index contributed by atoms with van der Waals surface area (Å²) < 4.78 is 109. The quantitative estimate of drug-likeness (QED) is 0.270. The second-order valence-electron chi connectivity index (χ2n) is 14.0. The molecule has 2 saturated carbocycles. The van der Waals surface area contributed by atoms with E-state index in [1.54, 1.807) is 4.90 Å². The number of aliphatic carboxylic acids is 2. The summed E-state index contributed by atoms with van der Waals surface area (Å²) in [4.78, 5) is 53.3. The van der Waals surface area contributed by atoms with Crippen molar-refractivity contribution in [1.29, 1.82) is 0 Å². The van der Waals surface area contributed by atoms with Gasteiger partial charge in [-0.3, -0.25) is 14.6 Å². The summed E-state index contributed by atoms with van der Waals surface area (Å²) in [7, 11) is 0. The van der Waals surface area contributed by atoms with Crippen LogP contribution >= 0.6 is 0 Å². The van der Waals surface area contributed by atoms with Crippen molar-refractivity contribution in [2.75, 3.05) is 19.6 Å². The molecule has 3 fully saturated rings. The van der Waals surface area contributed by atoms with Gasteiger partial charge in [-0.1, -0.05) is 6.42 Å². The molecule has 19 heteroatoms. The molecule has 5 rings (SSSR count). The highest BCUT2D eigenvalue weighted by molar-refractivity contribution is 5.87. The number of amides is 1. The van der Waals surface area contributed by atoms with Crippen molar-refractivity contribution in [2.45, 2.75) is 109 Å². The third kappa shape index (κ3) is 11.2. The molecule has 1 aromatic heterocycles. The molecule has 2 N–H and O–H groups in total. The van der Waals surface area contributed by atoms with Crippen LogP contribution in [-0.2, 0) is 43.1 Å². The van der Waals surface area contributed by atoms with Crippen molar-refractivity contribution in [3.8, 4) is 0 Å². The predicted molar refractivity (Wildman–Crippen MR) is 159 cm³/mol. The minimum atomic E-state index is -5.08. The summed E-state index contributed by atoms with van der Waals surface area (Å²) in [5, 5.41) is 14.2. The first-order valence-electron chi connectivity index (χ1n) is 16.2. The number of piperidine rings is 1. The van der Waals surface area contributed by atoms with E-state index >= 15 is 0 Å². The maximum absolute atomic E-state index is 14.3. The number of fused-ring (bicyclic) bond motifs is 1. The molecule has 0 spiro atoms. The minimum absolute atomic E-state index is 0.00821. The highest BCUT2D eigenvalue weighted by Crippen LogP contribution is 2.60. The smallest absolute Gasteiger partial charge is 0.475 e. The van der Waals surface area contributed by atoms with Crippen LogP contribution in [0.15, 0.2) is 12.3 Å². The topological polar surface area (TPSA) is 137 Å². The van der Waals surface area contributed by atoms with Crippen LogP contribution in [0, 0.1) is 17.3 Å². The van der Waals surface area contributed by atoms with Crippen LogP contribution in [0.1, 0.15) is 82.5 Å². The van der Waals surface area contributed by atoms with Gasteiger partial charge in [0.25, 0.3) is 0 Å². The summed E-state index contributed by atoms with van der Waals surface area (Å²) >= 11 is 0. The molecule has 4 atom stereocenters. The molecule has 1 amide bonds. The normalized spacial score (nSPS) is 25.3. The Bertz CT molecular complexity index is 1410. The number of alkyl halides is 9. The summed E-state index contributed by atoms with van der Waals surface area (Å²) in [5.41, 5.74) is -0.950. The molecule has 1 saturated heterocycles. The number of ether oxygens (including phenoxy) is 1. The number of carbonyl (C=O) groups excluding carboxylic acids is 2. The second kappa shape index (κ2) is 15.5. The average Bonchev–Trinajstić information content (AvgIpc) is 3.71. The fourth-order valence-corrected chi connectivity index (χ4v) is 6.85. The first kappa shape index (κ1) is 41.8. The zero-order chi connectivity index (χ0) is 38.7. The number of hydrogen-bond donors (Lipinski definition) is 2.